The Morgan fingerprint density at radius 2 is 2.00 bits per heavy atom. The standard InChI is InChI=1S/C17H17NO5/c1-11-7-12(8-16(19)22-11)23-13-9-18(10-13)17(20)14-5-3-4-6-15(14)21-2/h3-8,13H,9-10H2,1-2H3. The molecule has 23 heavy (non-hydrogen) atoms. The summed E-state index contributed by atoms with van der Waals surface area (Å²) in [5.41, 5.74) is 0.0888. The van der Waals surface area contributed by atoms with Crippen molar-refractivity contribution in [1.82, 2.24) is 4.90 Å². The van der Waals surface area contributed by atoms with Crippen LogP contribution in [-0.2, 0) is 0 Å². The van der Waals surface area contributed by atoms with E-state index < -0.39 is 5.63 Å². The molecule has 0 atom stereocenters. The molecule has 6 heteroatoms. The monoisotopic (exact) mass is 315 g/mol. The van der Waals surface area contributed by atoms with Gasteiger partial charge in [-0.15, -0.1) is 0 Å². The second-order valence-corrected chi connectivity index (χ2v) is 5.37. The molecule has 3 rings (SSSR count). The zero-order valence-electron chi connectivity index (χ0n) is 12.9. The van der Waals surface area contributed by atoms with Gasteiger partial charge in [0.25, 0.3) is 5.91 Å². The smallest absolute Gasteiger partial charge is 0.339 e. The topological polar surface area (TPSA) is 69.0 Å². The first-order valence-corrected chi connectivity index (χ1v) is 7.27. The van der Waals surface area contributed by atoms with Gasteiger partial charge in [0.2, 0.25) is 0 Å². The molecule has 1 fully saturated rings. The number of hydrogen-bond donors (Lipinski definition) is 0. The van der Waals surface area contributed by atoms with Crippen molar-refractivity contribution >= 4 is 5.91 Å². The highest BCUT2D eigenvalue weighted by Gasteiger charge is 2.34. The molecule has 1 aromatic heterocycles. The summed E-state index contributed by atoms with van der Waals surface area (Å²) in [7, 11) is 1.54. The van der Waals surface area contributed by atoms with E-state index in [1.807, 2.05) is 6.07 Å². The molecule has 0 spiro atoms. The summed E-state index contributed by atoms with van der Waals surface area (Å²) in [6.07, 6.45) is -0.130. The summed E-state index contributed by atoms with van der Waals surface area (Å²) in [6.45, 7) is 2.62. The molecular weight excluding hydrogens is 298 g/mol. The first kappa shape index (κ1) is 15.1. The highest BCUT2D eigenvalue weighted by molar-refractivity contribution is 5.97. The predicted molar refractivity (Wildman–Crippen MR) is 83.0 cm³/mol. The Morgan fingerprint density at radius 1 is 1.26 bits per heavy atom. The maximum atomic E-state index is 12.4. The number of likely N-dealkylation sites (tertiary alicyclic amines) is 1. The molecule has 1 aliphatic heterocycles. The van der Waals surface area contributed by atoms with Crippen LogP contribution in [0.2, 0.25) is 0 Å². The van der Waals surface area contributed by atoms with E-state index >= 15 is 0 Å². The van der Waals surface area contributed by atoms with E-state index in [9.17, 15) is 9.59 Å². The minimum absolute atomic E-state index is 0.0916. The lowest BCUT2D eigenvalue weighted by atomic mass is 10.1. The molecule has 0 bridgehead atoms. The molecule has 0 N–H and O–H groups in total. The van der Waals surface area contributed by atoms with Crippen molar-refractivity contribution in [1.29, 1.82) is 0 Å². The molecule has 2 heterocycles. The number of ether oxygens (including phenoxy) is 2. The van der Waals surface area contributed by atoms with Crippen LogP contribution in [-0.4, -0.2) is 37.1 Å². The van der Waals surface area contributed by atoms with Crippen molar-refractivity contribution in [2.75, 3.05) is 20.2 Å². The Balaban J connectivity index is 1.62. The van der Waals surface area contributed by atoms with Crippen molar-refractivity contribution in [2.24, 2.45) is 0 Å². The molecular formula is C17H17NO5. The van der Waals surface area contributed by atoms with Gasteiger partial charge >= 0.3 is 5.63 Å². The zero-order valence-corrected chi connectivity index (χ0v) is 12.9. The molecule has 1 amide bonds. The molecule has 1 aliphatic rings. The second kappa shape index (κ2) is 6.16. The quantitative estimate of drug-likeness (QED) is 0.861. The van der Waals surface area contributed by atoms with Crippen LogP contribution in [0.4, 0.5) is 0 Å². The summed E-state index contributed by atoms with van der Waals surface area (Å²) in [5.74, 6) is 1.42. The maximum absolute atomic E-state index is 12.4. The van der Waals surface area contributed by atoms with Crippen LogP contribution in [0.5, 0.6) is 11.5 Å². The summed E-state index contributed by atoms with van der Waals surface area (Å²) in [6, 6.07) is 10.1. The van der Waals surface area contributed by atoms with E-state index in [0.29, 0.717) is 35.9 Å². The van der Waals surface area contributed by atoms with E-state index in [0.717, 1.165) is 0 Å². The fraction of sp³-hybridized carbons (Fsp3) is 0.294. The second-order valence-electron chi connectivity index (χ2n) is 5.37. The number of rotatable bonds is 4. The fourth-order valence-corrected chi connectivity index (χ4v) is 2.51. The third-order valence-corrected chi connectivity index (χ3v) is 3.64. The van der Waals surface area contributed by atoms with Crippen molar-refractivity contribution in [3.05, 3.63) is 58.1 Å². The van der Waals surface area contributed by atoms with Crippen LogP contribution in [0.25, 0.3) is 0 Å². The van der Waals surface area contributed by atoms with Gasteiger partial charge in [0.1, 0.15) is 23.4 Å². The lowest BCUT2D eigenvalue weighted by Crippen LogP contribution is -2.56. The summed E-state index contributed by atoms with van der Waals surface area (Å²) in [4.78, 5) is 25.4. The average Bonchev–Trinajstić information content (AvgIpc) is 2.49. The van der Waals surface area contributed by atoms with Gasteiger partial charge in [-0.3, -0.25) is 4.79 Å². The largest absolute Gasteiger partial charge is 0.496 e. The Labute approximate surface area is 133 Å². The summed E-state index contributed by atoms with van der Waals surface area (Å²) >= 11 is 0. The number of para-hydroxylation sites is 1. The van der Waals surface area contributed by atoms with Gasteiger partial charge in [-0.25, -0.2) is 4.79 Å². The van der Waals surface area contributed by atoms with Crippen LogP contribution >= 0.6 is 0 Å². The first-order chi connectivity index (χ1) is 11.1. The zero-order chi connectivity index (χ0) is 16.4. The third-order valence-electron chi connectivity index (χ3n) is 3.64. The highest BCUT2D eigenvalue weighted by Crippen LogP contribution is 2.24. The molecule has 0 unspecified atom stereocenters. The molecule has 120 valence electrons. The van der Waals surface area contributed by atoms with Crippen molar-refractivity contribution in [3.63, 3.8) is 0 Å². The molecule has 0 radical (unpaired) electrons. The number of methoxy groups -OCH3 is 1. The van der Waals surface area contributed by atoms with Crippen LogP contribution < -0.4 is 15.1 Å². The first-order valence-electron chi connectivity index (χ1n) is 7.27. The number of carbonyl (C=O) groups excluding carboxylic acids is 1. The Kier molecular flexibility index (Phi) is 4.06. The van der Waals surface area contributed by atoms with Gasteiger partial charge in [-0.1, -0.05) is 12.1 Å². The van der Waals surface area contributed by atoms with Gasteiger partial charge in [-0.05, 0) is 19.1 Å². The van der Waals surface area contributed by atoms with Crippen LogP contribution in [0.1, 0.15) is 16.1 Å². The normalized spacial score (nSPS) is 14.3. The molecule has 1 aromatic carbocycles. The lowest BCUT2D eigenvalue weighted by molar-refractivity contribution is 0.0172. The Hall–Kier alpha value is -2.76. The Morgan fingerprint density at radius 3 is 2.70 bits per heavy atom. The molecule has 6 nitrogen and oxygen atoms in total. The van der Waals surface area contributed by atoms with Crippen LogP contribution in [0.15, 0.2) is 45.6 Å². The maximum Gasteiger partial charge on any atom is 0.339 e. The van der Waals surface area contributed by atoms with Gasteiger partial charge in [0, 0.05) is 6.07 Å². The van der Waals surface area contributed by atoms with Gasteiger partial charge in [0.15, 0.2) is 0 Å². The van der Waals surface area contributed by atoms with Gasteiger partial charge < -0.3 is 18.8 Å². The fourth-order valence-electron chi connectivity index (χ4n) is 2.51. The number of benzene rings is 1. The average molecular weight is 315 g/mol. The number of amides is 1. The van der Waals surface area contributed by atoms with Crippen molar-refractivity contribution in [2.45, 2.75) is 13.0 Å². The van der Waals surface area contributed by atoms with Crippen LogP contribution in [0.3, 0.4) is 0 Å². The van der Waals surface area contributed by atoms with E-state index in [1.165, 1.54) is 13.2 Å². The van der Waals surface area contributed by atoms with E-state index in [2.05, 4.69) is 0 Å². The van der Waals surface area contributed by atoms with Crippen molar-refractivity contribution < 1.29 is 18.7 Å². The lowest BCUT2D eigenvalue weighted by Gasteiger charge is -2.39. The third kappa shape index (κ3) is 3.21. The van der Waals surface area contributed by atoms with Crippen LogP contribution in [0, 0.1) is 6.92 Å². The van der Waals surface area contributed by atoms with E-state index in [4.69, 9.17) is 13.9 Å². The highest BCUT2D eigenvalue weighted by atomic mass is 16.5. The minimum Gasteiger partial charge on any atom is -0.496 e. The Bertz CT molecular complexity index is 777. The predicted octanol–water partition coefficient (Wildman–Crippen LogP) is 1.86. The molecule has 0 aliphatic carbocycles. The summed E-state index contributed by atoms with van der Waals surface area (Å²) in [5, 5.41) is 0. The van der Waals surface area contributed by atoms with Gasteiger partial charge in [0.05, 0.1) is 31.8 Å². The molecule has 0 saturated carbocycles. The number of nitrogens with zero attached hydrogens (tertiary/aromatic N) is 1. The molecule has 2 aromatic rings. The molecule has 1 saturated heterocycles. The SMILES string of the molecule is COc1ccccc1C(=O)N1CC(Oc2cc(C)oc(=O)c2)C1. The van der Waals surface area contributed by atoms with E-state index in [1.54, 1.807) is 36.1 Å². The van der Waals surface area contributed by atoms with Crippen molar-refractivity contribution in [3.8, 4) is 11.5 Å². The van der Waals surface area contributed by atoms with Gasteiger partial charge in [-0.2, -0.15) is 0 Å². The number of hydrogen-bond acceptors (Lipinski definition) is 5. The number of aryl methyl sites for hydroxylation is 1. The minimum atomic E-state index is -0.443. The van der Waals surface area contributed by atoms with E-state index in [-0.39, 0.29) is 12.0 Å². The number of carbonyl (C=O) groups is 1. The summed E-state index contributed by atoms with van der Waals surface area (Å²) < 4.78 is 15.8.